The summed E-state index contributed by atoms with van der Waals surface area (Å²) in [6.07, 6.45) is -7.93. The number of benzene rings is 1. The SMILES string of the molecule is CC(=O)N[C@@H]1[C@@H](O)[C@H](O)[C@@H](CO)O[C@H]1NC(=O)CC[C@H](NC(=O)[C@H](Cc1ccccc1)NC(=O)OC(C)(C)C)C(=O)N[C@@H](CC(C)C)C(=O)N[C@@H](COC(C)(C)C)C(=O)O. The zero-order chi connectivity index (χ0) is 45.5. The van der Waals surface area contributed by atoms with Gasteiger partial charge < -0.3 is 66.5 Å². The molecule has 9 atom stereocenters. The van der Waals surface area contributed by atoms with Gasteiger partial charge in [0, 0.05) is 19.8 Å². The van der Waals surface area contributed by atoms with E-state index >= 15 is 0 Å². The Morgan fingerprint density at radius 1 is 0.767 bits per heavy atom. The van der Waals surface area contributed by atoms with E-state index in [0.717, 1.165) is 6.92 Å². The Labute approximate surface area is 350 Å². The topological polar surface area (TPSA) is 300 Å². The number of ether oxygens (including phenoxy) is 3. The Morgan fingerprint density at radius 2 is 1.33 bits per heavy atom. The number of aliphatic hydroxyl groups is 3. The second kappa shape index (κ2) is 23.2. The average molecular weight is 853 g/mol. The molecule has 20 heteroatoms. The van der Waals surface area contributed by atoms with Crippen molar-refractivity contribution in [2.45, 2.75) is 154 Å². The van der Waals surface area contributed by atoms with Crippen molar-refractivity contribution in [3.05, 3.63) is 35.9 Å². The molecule has 0 spiro atoms. The molecule has 0 unspecified atom stereocenters. The lowest BCUT2D eigenvalue weighted by Gasteiger charge is -2.42. The molecule has 1 aliphatic heterocycles. The van der Waals surface area contributed by atoms with Crippen molar-refractivity contribution in [1.82, 2.24) is 31.9 Å². The number of hydrogen-bond acceptors (Lipinski definition) is 13. The molecule has 1 aromatic rings. The highest BCUT2D eigenvalue weighted by Gasteiger charge is 2.45. The summed E-state index contributed by atoms with van der Waals surface area (Å²) in [6, 6.07) is 1.64. The van der Waals surface area contributed by atoms with Gasteiger partial charge in [-0.2, -0.15) is 0 Å². The van der Waals surface area contributed by atoms with E-state index in [9.17, 15) is 54.0 Å². The second-order valence-electron chi connectivity index (χ2n) is 17.1. The van der Waals surface area contributed by atoms with Crippen molar-refractivity contribution in [3.63, 3.8) is 0 Å². The molecule has 1 saturated heterocycles. The highest BCUT2D eigenvalue weighted by atomic mass is 16.6. The zero-order valence-electron chi connectivity index (χ0n) is 35.8. The number of alkyl carbamates (subject to hydrolysis) is 1. The highest BCUT2D eigenvalue weighted by molar-refractivity contribution is 5.95. The summed E-state index contributed by atoms with van der Waals surface area (Å²) in [6.45, 7) is 13.6. The Bertz CT molecular complexity index is 1620. The summed E-state index contributed by atoms with van der Waals surface area (Å²) in [5.41, 5.74) is -1.01. The van der Waals surface area contributed by atoms with E-state index in [1.54, 1.807) is 85.7 Å². The zero-order valence-corrected chi connectivity index (χ0v) is 35.8. The number of carbonyl (C=O) groups excluding carboxylic acids is 6. The molecule has 2 rings (SSSR count). The third-order valence-corrected chi connectivity index (χ3v) is 8.82. The van der Waals surface area contributed by atoms with Crippen molar-refractivity contribution in [2.24, 2.45) is 5.92 Å². The van der Waals surface area contributed by atoms with Crippen molar-refractivity contribution in [3.8, 4) is 0 Å². The summed E-state index contributed by atoms with van der Waals surface area (Å²) in [5.74, 6) is -5.66. The predicted octanol–water partition coefficient (Wildman–Crippen LogP) is -0.637. The van der Waals surface area contributed by atoms with Crippen LogP contribution in [0.15, 0.2) is 30.3 Å². The maximum atomic E-state index is 14.1. The number of aliphatic carboxylic acids is 1. The van der Waals surface area contributed by atoms with Gasteiger partial charge >= 0.3 is 12.1 Å². The number of nitrogens with one attached hydrogen (secondary N) is 6. The fourth-order valence-corrected chi connectivity index (χ4v) is 5.95. The standard InChI is InChI=1S/C40H64N6O14/c1-21(2)17-25(34(53)44-27(37(55)56)20-58-39(4,5)6)43-33(52)24(15-16-29(49)46-36-30(41-22(3)48)32(51)31(50)28(19-47)59-36)42-35(54)26(18-23-13-11-10-12-14-23)45-38(57)60-40(7,8)9/h10-14,21,24-28,30-32,36,47,50-51H,15-20H2,1-9H3,(H,41,48)(H,42,54)(H,43,52)(H,44,53)(H,45,57)(H,46,49)(H,55,56)/t24-,25-,26-,27-,28+,30+,31+,32+,36+/m0/s1. The molecule has 0 saturated carbocycles. The molecular weight excluding hydrogens is 788 g/mol. The minimum atomic E-state index is -1.66. The summed E-state index contributed by atoms with van der Waals surface area (Å²) in [5, 5.41) is 55.5. The molecule has 1 fully saturated rings. The van der Waals surface area contributed by atoms with Crippen molar-refractivity contribution >= 4 is 41.6 Å². The average Bonchev–Trinajstić information content (AvgIpc) is 3.12. The molecule has 0 radical (unpaired) electrons. The smallest absolute Gasteiger partial charge is 0.408 e. The molecule has 1 aliphatic rings. The number of carboxylic acids is 1. The predicted molar refractivity (Wildman–Crippen MR) is 215 cm³/mol. The first-order chi connectivity index (χ1) is 27.8. The Balaban J connectivity index is 2.46. The maximum Gasteiger partial charge on any atom is 0.408 e. The van der Waals surface area contributed by atoms with Gasteiger partial charge in [-0.05, 0) is 65.9 Å². The van der Waals surface area contributed by atoms with Crippen LogP contribution in [0.25, 0.3) is 0 Å². The Kier molecular flexibility index (Phi) is 19.8. The van der Waals surface area contributed by atoms with E-state index in [-0.39, 0.29) is 25.4 Å². The van der Waals surface area contributed by atoms with Crippen LogP contribution in [0.3, 0.4) is 0 Å². The van der Waals surface area contributed by atoms with Crippen LogP contribution in [0, 0.1) is 5.92 Å². The van der Waals surface area contributed by atoms with Crippen LogP contribution in [0.2, 0.25) is 0 Å². The fourth-order valence-electron chi connectivity index (χ4n) is 5.95. The van der Waals surface area contributed by atoms with E-state index in [1.165, 1.54) is 0 Å². The van der Waals surface area contributed by atoms with E-state index in [2.05, 4.69) is 31.9 Å². The molecule has 0 aromatic heterocycles. The van der Waals surface area contributed by atoms with E-state index < -0.39 is 127 Å². The van der Waals surface area contributed by atoms with Gasteiger partial charge in [0.05, 0.1) is 18.8 Å². The summed E-state index contributed by atoms with van der Waals surface area (Å²) in [4.78, 5) is 92.0. The molecule has 6 amide bonds. The van der Waals surface area contributed by atoms with Gasteiger partial charge in [-0.25, -0.2) is 9.59 Å². The Hall–Kier alpha value is -4.89. The van der Waals surface area contributed by atoms with Gasteiger partial charge in [-0.15, -0.1) is 0 Å². The summed E-state index contributed by atoms with van der Waals surface area (Å²) >= 11 is 0. The van der Waals surface area contributed by atoms with Crippen molar-refractivity contribution in [2.75, 3.05) is 13.2 Å². The highest BCUT2D eigenvalue weighted by Crippen LogP contribution is 2.21. The molecule has 0 aliphatic carbocycles. The molecule has 1 aromatic carbocycles. The lowest BCUT2D eigenvalue weighted by molar-refractivity contribution is -0.203. The molecule has 60 heavy (non-hydrogen) atoms. The number of carbonyl (C=O) groups is 7. The quantitative estimate of drug-likeness (QED) is 0.0781. The van der Waals surface area contributed by atoms with Crippen LogP contribution in [0.4, 0.5) is 4.79 Å². The summed E-state index contributed by atoms with van der Waals surface area (Å²) < 4.78 is 16.5. The number of rotatable bonds is 20. The number of carboxylic acid groups (broad SMARTS) is 1. The monoisotopic (exact) mass is 852 g/mol. The van der Waals surface area contributed by atoms with Gasteiger partial charge in [-0.1, -0.05) is 44.2 Å². The third-order valence-electron chi connectivity index (χ3n) is 8.82. The Morgan fingerprint density at radius 3 is 1.87 bits per heavy atom. The minimum Gasteiger partial charge on any atom is -0.480 e. The van der Waals surface area contributed by atoms with Crippen LogP contribution < -0.4 is 31.9 Å². The normalized spacial score (nSPS) is 21.3. The molecule has 10 N–H and O–H groups in total. The van der Waals surface area contributed by atoms with Gasteiger partial charge in [0.15, 0.2) is 12.3 Å². The van der Waals surface area contributed by atoms with Gasteiger partial charge in [0.1, 0.15) is 48.1 Å². The van der Waals surface area contributed by atoms with E-state index in [4.69, 9.17) is 14.2 Å². The molecule has 338 valence electrons. The molecule has 20 nitrogen and oxygen atoms in total. The van der Waals surface area contributed by atoms with E-state index in [1.807, 2.05) is 0 Å². The number of aliphatic hydroxyl groups excluding tert-OH is 3. The van der Waals surface area contributed by atoms with E-state index in [0.29, 0.717) is 5.56 Å². The number of amides is 6. The first-order valence-electron chi connectivity index (χ1n) is 19.8. The summed E-state index contributed by atoms with van der Waals surface area (Å²) in [7, 11) is 0. The first-order valence-corrected chi connectivity index (χ1v) is 19.8. The van der Waals surface area contributed by atoms with Gasteiger partial charge in [0.25, 0.3) is 0 Å². The first kappa shape index (κ1) is 51.3. The van der Waals surface area contributed by atoms with Crippen molar-refractivity contribution in [1.29, 1.82) is 0 Å². The van der Waals surface area contributed by atoms with Crippen LogP contribution in [-0.4, -0.2) is 141 Å². The van der Waals surface area contributed by atoms with Crippen LogP contribution in [0.5, 0.6) is 0 Å². The number of hydrogen-bond donors (Lipinski definition) is 10. The third kappa shape index (κ3) is 18.2. The fraction of sp³-hybridized carbons (Fsp3) is 0.675. The van der Waals surface area contributed by atoms with Crippen LogP contribution in [-0.2, 0) is 49.4 Å². The van der Waals surface area contributed by atoms with Crippen molar-refractivity contribution < 1.29 is 68.2 Å². The lowest BCUT2D eigenvalue weighted by Crippen LogP contribution is -2.68. The molecule has 1 heterocycles. The molecule has 0 bridgehead atoms. The minimum absolute atomic E-state index is 0.0335. The van der Waals surface area contributed by atoms with Crippen LogP contribution >= 0.6 is 0 Å². The maximum absolute atomic E-state index is 14.1. The molecular formula is C40H64N6O14. The van der Waals surface area contributed by atoms with Gasteiger partial charge in [0.2, 0.25) is 29.5 Å². The largest absolute Gasteiger partial charge is 0.480 e. The lowest BCUT2D eigenvalue weighted by atomic mass is 9.95. The van der Waals surface area contributed by atoms with Gasteiger partial charge in [-0.3, -0.25) is 24.0 Å². The second-order valence-corrected chi connectivity index (χ2v) is 17.1. The van der Waals surface area contributed by atoms with Crippen LogP contribution in [0.1, 0.15) is 87.1 Å².